The molecule has 0 aromatic heterocycles. The van der Waals surface area contributed by atoms with Crippen LogP contribution in [0.1, 0.15) is 12.5 Å². The number of aryl methyl sites for hydroxylation is 1. The molecule has 0 bridgehead atoms. The first-order valence-electron chi connectivity index (χ1n) is 5.68. The molecule has 0 saturated carbocycles. The van der Waals surface area contributed by atoms with Crippen molar-refractivity contribution in [3.8, 4) is 0 Å². The molecule has 0 aliphatic rings. The standard InChI is InChI=1S/C12H20N2O2S.Na/c1-4-14(9-8-13-17(3,15)16)12-7-5-6-11(2)10-12;/h5-7,10,13H,4,8-9H2,1-3H3;/q;+1. The van der Waals surface area contributed by atoms with Crippen LogP contribution in [0.4, 0.5) is 5.69 Å². The molecule has 0 spiro atoms. The molecule has 0 radical (unpaired) electrons. The number of nitrogens with one attached hydrogen (secondary N) is 1. The van der Waals surface area contributed by atoms with Gasteiger partial charge in [-0.1, -0.05) is 12.1 Å². The molecule has 0 heterocycles. The molecule has 1 aromatic rings. The number of sulfonamides is 1. The molecular formula is C12H20N2NaO2S+. The van der Waals surface area contributed by atoms with Crippen LogP contribution in [-0.2, 0) is 10.0 Å². The van der Waals surface area contributed by atoms with Crippen molar-refractivity contribution in [1.29, 1.82) is 0 Å². The molecular weight excluding hydrogens is 259 g/mol. The van der Waals surface area contributed by atoms with Gasteiger partial charge in [-0.15, -0.1) is 0 Å². The monoisotopic (exact) mass is 279 g/mol. The van der Waals surface area contributed by atoms with Crippen molar-refractivity contribution in [2.45, 2.75) is 13.8 Å². The summed E-state index contributed by atoms with van der Waals surface area (Å²) in [6.45, 7) is 6.07. The van der Waals surface area contributed by atoms with Crippen LogP contribution in [0.15, 0.2) is 24.3 Å². The zero-order valence-corrected chi connectivity index (χ0v) is 14.4. The smallest absolute Gasteiger partial charge is 0.370 e. The van der Waals surface area contributed by atoms with Crippen LogP contribution in [-0.4, -0.2) is 34.3 Å². The fourth-order valence-electron chi connectivity index (χ4n) is 1.66. The maximum Gasteiger partial charge on any atom is 1.00 e. The minimum absolute atomic E-state index is 0. The van der Waals surface area contributed by atoms with E-state index in [1.54, 1.807) is 0 Å². The van der Waals surface area contributed by atoms with Crippen molar-refractivity contribution in [2.24, 2.45) is 0 Å². The van der Waals surface area contributed by atoms with E-state index in [2.05, 4.69) is 22.6 Å². The van der Waals surface area contributed by atoms with E-state index in [1.807, 2.05) is 25.1 Å². The molecule has 18 heavy (non-hydrogen) atoms. The van der Waals surface area contributed by atoms with E-state index in [-0.39, 0.29) is 29.6 Å². The van der Waals surface area contributed by atoms with Crippen molar-refractivity contribution in [2.75, 3.05) is 30.8 Å². The largest absolute Gasteiger partial charge is 1.00 e. The van der Waals surface area contributed by atoms with E-state index in [0.29, 0.717) is 13.1 Å². The fraction of sp³-hybridized carbons (Fsp3) is 0.500. The zero-order chi connectivity index (χ0) is 12.9. The van der Waals surface area contributed by atoms with E-state index in [0.717, 1.165) is 12.2 Å². The first kappa shape index (κ1) is 17.9. The van der Waals surface area contributed by atoms with Crippen LogP contribution in [0.5, 0.6) is 0 Å². The maximum absolute atomic E-state index is 11.0. The van der Waals surface area contributed by atoms with Crippen LogP contribution in [0.3, 0.4) is 0 Å². The number of hydrogen-bond acceptors (Lipinski definition) is 3. The van der Waals surface area contributed by atoms with Crippen molar-refractivity contribution in [1.82, 2.24) is 4.72 Å². The molecule has 1 N–H and O–H groups in total. The number of likely N-dealkylation sites (N-methyl/N-ethyl adjacent to an activating group) is 1. The Kier molecular flexibility index (Phi) is 8.14. The number of hydrogen-bond donors (Lipinski definition) is 1. The third-order valence-electron chi connectivity index (χ3n) is 2.49. The normalized spacial score (nSPS) is 10.8. The summed E-state index contributed by atoms with van der Waals surface area (Å²) in [6.07, 6.45) is 1.18. The minimum Gasteiger partial charge on any atom is -0.370 e. The summed E-state index contributed by atoms with van der Waals surface area (Å²) in [6, 6.07) is 8.20. The molecule has 0 amide bonds. The average molecular weight is 279 g/mol. The predicted octanol–water partition coefficient (Wildman–Crippen LogP) is -1.63. The number of rotatable bonds is 6. The molecule has 1 aromatic carbocycles. The Morgan fingerprint density at radius 2 is 2.00 bits per heavy atom. The van der Waals surface area contributed by atoms with Gasteiger partial charge >= 0.3 is 29.6 Å². The van der Waals surface area contributed by atoms with Crippen LogP contribution in [0, 0.1) is 6.92 Å². The van der Waals surface area contributed by atoms with Crippen LogP contribution < -0.4 is 39.2 Å². The molecule has 4 nitrogen and oxygen atoms in total. The van der Waals surface area contributed by atoms with Gasteiger partial charge < -0.3 is 4.90 Å². The van der Waals surface area contributed by atoms with Crippen LogP contribution >= 0.6 is 0 Å². The first-order chi connectivity index (χ1) is 7.92. The van der Waals surface area contributed by atoms with Crippen molar-refractivity contribution in [3.05, 3.63) is 29.8 Å². The van der Waals surface area contributed by atoms with E-state index in [9.17, 15) is 8.42 Å². The quantitative estimate of drug-likeness (QED) is 0.637. The Balaban J connectivity index is 0.00000289. The zero-order valence-electron chi connectivity index (χ0n) is 11.6. The third-order valence-corrected chi connectivity index (χ3v) is 3.22. The summed E-state index contributed by atoms with van der Waals surface area (Å²) in [5.41, 5.74) is 2.33. The van der Waals surface area contributed by atoms with Gasteiger partial charge in [0, 0.05) is 25.3 Å². The summed E-state index contributed by atoms with van der Waals surface area (Å²) < 4.78 is 24.4. The molecule has 0 atom stereocenters. The average Bonchev–Trinajstić information content (AvgIpc) is 2.23. The Morgan fingerprint density at radius 3 is 2.50 bits per heavy atom. The van der Waals surface area contributed by atoms with Crippen molar-refractivity contribution in [3.63, 3.8) is 0 Å². The van der Waals surface area contributed by atoms with Gasteiger partial charge in [0.2, 0.25) is 10.0 Å². The van der Waals surface area contributed by atoms with Gasteiger partial charge in [0.1, 0.15) is 0 Å². The van der Waals surface area contributed by atoms with Gasteiger partial charge in [-0.2, -0.15) is 0 Å². The Morgan fingerprint density at radius 1 is 1.33 bits per heavy atom. The summed E-state index contributed by atoms with van der Waals surface area (Å²) in [5.74, 6) is 0. The van der Waals surface area contributed by atoms with Gasteiger partial charge in [-0.05, 0) is 31.5 Å². The molecule has 0 fully saturated rings. The topological polar surface area (TPSA) is 49.4 Å². The van der Waals surface area contributed by atoms with Gasteiger partial charge in [0.05, 0.1) is 6.26 Å². The molecule has 0 saturated heterocycles. The minimum atomic E-state index is -3.10. The molecule has 0 aliphatic carbocycles. The molecule has 0 unspecified atom stereocenters. The van der Waals surface area contributed by atoms with Gasteiger partial charge in [0.15, 0.2) is 0 Å². The van der Waals surface area contributed by atoms with Gasteiger partial charge in [0.25, 0.3) is 0 Å². The number of anilines is 1. The van der Waals surface area contributed by atoms with E-state index in [4.69, 9.17) is 0 Å². The second kappa shape index (κ2) is 8.17. The van der Waals surface area contributed by atoms with Gasteiger partial charge in [-0.3, -0.25) is 0 Å². The Hall–Kier alpha value is -0.0700. The third kappa shape index (κ3) is 6.75. The second-order valence-corrected chi connectivity index (χ2v) is 5.92. The maximum atomic E-state index is 11.0. The second-order valence-electron chi connectivity index (χ2n) is 4.09. The van der Waals surface area contributed by atoms with Crippen molar-refractivity contribution >= 4 is 15.7 Å². The SMILES string of the molecule is CCN(CCNS(C)(=O)=O)c1cccc(C)c1.[Na+]. The molecule has 1 rings (SSSR count). The van der Waals surface area contributed by atoms with Gasteiger partial charge in [-0.25, -0.2) is 13.1 Å². The van der Waals surface area contributed by atoms with Crippen molar-refractivity contribution < 1.29 is 38.0 Å². The summed E-state index contributed by atoms with van der Waals surface area (Å²) in [4.78, 5) is 2.14. The number of benzene rings is 1. The fourth-order valence-corrected chi connectivity index (χ4v) is 2.12. The van der Waals surface area contributed by atoms with Crippen LogP contribution in [0.2, 0.25) is 0 Å². The predicted molar refractivity (Wildman–Crippen MR) is 71.9 cm³/mol. The molecule has 0 aliphatic heterocycles. The molecule has 96 valence electrons. The number of nitrogens with zero attached hydrogens (tertiary/aromatic N) is 1. The first-order valence-corrected chi connectivity index (χ1v) is 7.58. The van der Waals surface area contributed by atoms with E-state index in [1.165, 1.54) is 11.8 Å². The van der Waals surface area contributed by atoms with Crippen LogP contribution in [0.25, 0.3) is 0 Å². The summed E-state index contributed by atoms with van der Waals surface area (Å²) in [7, 11) is -3.10. The Labute approximate surface area is 132 Å². The van der Waals surface area contributed by atoms with E-state index < -0.39 is 10.0 Å². The summed E-state index contributed by atoms with van der Waals surface area (Å²) >= 11 is 0. The Bertz CT molecular complexity index is 463. The molecule has 6 heteroatoms. The summed E-state index contributed by atoms with van der Waals surface area (Å²) in [5, 5.41) is 0. The van der Waals surface area contributed by atoms with E-state index >= 15 is 0 Å².